The standard InChI is InChI=1S/C11H21N/c1-2-8-12-9-7-11(10-12)5-3-4-6-11/h2-10H2,1H3. The number of likely N-dealkylation sites (tertiary alicyclic amines) is 1. The van der Waals surface area contributed by atoms with Crippen LogP contribution >= 0.6 is 0 Å². The van der Waals surface area contributed by atoms with E-state index in [0.717, 1.165) is 5.41 Å². The third kappa shape index (κ3) is 1.52. The normalized spacial score (nSPS) is 28.8. The van der Waals surface area contributed by atoms with Crippen LogP contribution in [0.3, 0.4) is 0 Å². The Labute approximate surface area is 76.1 Å². The van der Waals surface area contributed by atoms with Crippen molar-refractivity contribution in [1.29, 1.82) is 0 Å². The molecule has 1 nitrogen and oxygen atoms in total. The molecule has 70 valence electrons. The molecule has 0 bridgehead atoms. The number of rotatable bonds is 2. The summed E-state index contributed by atoms with van der Waals surface area (Å²) in [5.74, 6) is 0. The highest BCUT2D eigenvalue weighted by atomic mass is 15.2. The van der Waals surface area contributed by atoms with Crippen molar-refractivity contribution < 1.29 is 0 Å². The highest BCUT2D eigenvalue weighted by Crippen LogP contribution is 2.45. The van der Waals surface area contributed by atoms with E-state index in [-0.39, 0.29) is 0 Å². The molecule has 2 aliphatic rings. The lowest BCUT2D eigenvalue weighted by Gasteiger charge is -2.23. The summed E-state index contributed by atoms with van der Waals surface area (Å²) < 4.78 is 0. The largest absolute Gasteiger partial charge is 0.303 e. The maximum absolute atomic E-state index is 2.67. The van der Waals surface area contributed by atoms with Gasteiger partial charge in [-0.15, -0.1) is 0 Å². The maximum Gasteiger partial charge on any atom is 0.00384 e. The highest BCUT2D eigenvalue weighted by molar-refractivity contribution is 4.92. The first kappa shape index (κ1) is 8.55. The Bertz CT molecular complexity index is 147. The fourth-order valence-corrected chi connectivity index (χ4v) is 3.07. The van der Waals surface area contributed by atoms with Crippen LogP contribution in [0.4, 0.5) is 0 Å². The van der Waals surface area contributed by atoms with Crippen molar-refractivity contribution in [2.24, 2.45) is 5.41 Å². The minimum Gasteiger partial charge on any atom is -0.303 e. The first-order chi connectivity index (χ1) is 5.85. The molecular weight excluding hydrogens is 146 g/mol. The summed E-state index contributed by atoms with van der Waals surface area (Å²) in [6, 6.07) is 0. The highest BCUT2D eigenvalue weighted by Gasteiger charge is 2.39. The van der Waals surface area contributed by atoms with Crippen LogP contribution in [0.15, 0.2) is 0 Å². The molecule has 12 heavy (non-hydrogen) atoms. The molecule has 0 aromatic heterocycles. The van der Waals surface area contributed by atoms with E-state index >= 15 is 0 Å². The van der Waals surface area contributed by atoms with Crippen LogP contribution in [-0.2, 0) is 0 Å². The van der Waals surface area contributed by atoms with Crippen molar-refractivity contribution in [1.82, 2.24) is 4.90 Å². The Balaban J connectivity index is 1.88. The fraction of sp³-hybridized carbons (Fsp3) is 1.00. The van der Waals surface area contributed by atoms with Crippen LogP contribution in [0.1, 0.15) is 45.4 Å². The van der Waals surface area contributed by atoms with E-state index in [0.29, 0.717) is 0 Å². The van der Waals surface area contributed by atoms with Gasteiger partial charge in [0.25, 0.3) is 0 Å². The Morgan fingerprint density at radius 3 is 2.58 bits per heavy atom. The van der Waals surface area contributed by atoms with Gasteiger partial charge in [0.05, 0.1) is 0 Å². The second kappa shape index (κ2) is 3.37. The Morgan fingerprint density at radius 2 is 1.92 bits per heavy atom. The third-order valence-electron chi connectivity index (χ3n) is 3.72. The average molecular weight is 167 g/mol. The molecule has 1 saturated carbocycles. The van der Waals surface area contributed by atoms with Gasteiger partial charge in [0.15, 0.2) is 0 Å². The minimum absolute atomic E-state index is 0.787. The summed E-state index contributed by atoms with van der Waals surface area (Å²) in [5, 5.41) is 0. The quantitative estimate of drug-likeness (QED) is 0.611. The molecule has 0 N–H and O–H groups in total. The Morgan fingerprint density at radius 1 is 1.17 bits per heavy atom. The Kier molecular flexibility index (Phi) is 2.40. The maximum atomic E-state index is 2.67. The van der Waals surface area contributed by atoms with Crippen LogP contribution in [0, 0.1) is 5.41 Å². The van der Waals surface area contributed by atoms with Gasteiger partial charge in [-0.25, -0.2) is 0 Å². The molecule has 1 heteroatoms. The van der Waals surface area contributed by atoms with Crippen LogP contribution in [0.25, 0.3) is 0 Å². The second-order valence-corrected chi connectivity index (χ2v) is 4.73. The molecule has 0 aromatic carbocycles. The molecule has 0 aromatic rings. The van der Waals surface area contributed by atoms with Crippen LogP contribution in [-0.4, -0.2) is 24.5 Å². The van der Waals surface area contributed by atoms with E-state index in [1.165, 1.54) is 58.2 Å². The lowest BCUT2D eigenvalue weighted by Crippen LogP contribution is -2.25. The predicted octanol–water partition coefficient (Wildman–Crippen LogP) is 2.66. The summed E-state index contributed by atoms with van der Waals surface area (Å²) in [7, 11) is 0. The van der Waals surface area contributed by atoms with E-state index in [2.05, 4.69) is 11.8 Å². The molecule has 1 aliphatic carbocycles. The topological polar surface area (TPSA) is 3.24 Å². The number of nitrogens with zero attached hydrogens (tertiary/aromatic N) is 1. The molecular formula is C11H21N. The van der Waals surface area contributed by atoms with Gasteiger partial charge in [0, 0.05) is 6.54 Å². The number of hydrogen-bond donors (Lipinski definition) is 0. The van der Waals surface area contributed by atoms with Crippen LogP contribution in [0.5, 0.6) is 0 Å². The van der Waals surface area contributed by atoms with E-state index in [9.17, 15) is 0 Å². The molecule has 1 saturated heterocycles. The SMILES string of the molecule is CCCN1CCC2(CCCC2)C1. The van der Waals surface area contributed by atoms with Gasteiger partial charge < -0.3 is 4.90 Å². The first-order valence-corrected chi connectivity index (χ1v) is 5.57. The fourth-order valence-electron chi connectivity index (χ4n) is 3.07. The molecule has 2 fully saturated rings. The van der Waals surface area contributed by atoms with E-state index in [4.69, 9.17) is 0 Å². The average Bonchev–Trinajstić information content (AvgIpc) is 2.65. The minimum atomic E-state index is 0.787. The zero-order chi connectivity index (χ0) is 8.44. The van der Waals surface area contributed by atoms with Gasteiger partial charge in [-0.3, -0.25) is 0 Å². The number of hydrogen-bond acceptors (Lipinski definition) is 1. The summed E-state index contributed by atoms with van der Waals surface area (Å²) in [6.07, 6.45) is 8.86. The smallest absolute Gasteiger partial charge is 0.00384 e. The lowest BCUT2D eigenvalue weighted by molar-refractivity contribution is 0.261. The summed E-state index contributed by atoms with van der Waals surface area (Å²) in [4.78, 5) is 2.67. The summed E-state index contributed by atoms with van der Waals surface area (Å²) in [5.41, 5.74) is 0.787. The summed E-state index contributed by atoms with van der Waals surface area (Å²) in [6.45, 7) is 6.43. The lowest BCUT2D eigenvalue weighted by atomic mass is 9.86. The van der Waals surface area contributed by atoms with E-state index in [1.807, 2.05) is 0 Å². The van der Waals surface area contributed by atoms with Crippen LogP contribution < -0.4 is 0 Å². The van der Waals surface area contributed by atoms with E-state index in [1.54, 1.807) is 0 Å². The van der Waals surface area contributed by atoms with Gasteiger partial charge in [-0.05, 0) is 44.2 Å². The zero-order valence-electron chi connectivity index (χ0n) is 8.31. The zero-order valence-corrected chi connectivity index (χ0v) is 8.31. The second-order valence-electron chi connectivity index (χ2n) is 4.73. The van der Waals surface area contributed by atoms with Gasteiger partial charge >= 0.3 is 0 Å². The third-order valence-corrected chi connectivity index (χ3v) is 3.72. The first-order valence-electron chi connectivity index (χ1n) is 5.57. The molecule has 2 rings (SSSR count). The van der Waals surface area contributed by atoms with Crippen molar-refractivity contribution in [3.63, 3.8) is 0 Å². The molecule has 0 radical (unpaired) electrons. The van der Waals surface area contributed by atoms with Crippen molar-refractivity contribution in [3.8, 4) is 0 Å². The molecule has 0 atom stereocenters. The van der Waals surface area contributed by atoms with Crippen molar-refractivity contribution in [2.75, 3.05) is 19.6 Å². The van der Waals surface area contributed by atoms with Gasteiger partial charge in [0.2, 0.25) is 0 Å². The molecule has 1 heterocycles. The van der Waals surface area contributed by atoms with Crippen molar-refractivity contribution in [2.45, 2.75) is 45.4 Å². The van der Waals surface area contributed by atoms with Gasteiger partial charge in [-0.1, -0.05) is 19.8 Å². The van der Waals surface area contributed by atoms with Gasteiger partial charge in [0.1, 0.15) is 0 Å². The van der Waals surface area contributed by atoms with E-state index < -0.39 is 0 Å². The van der Waals surface area contributed by atoms with Crippen molar-refractivity contribution >= 4 is 0 Å². The van der Waals surface area contributed by atoms with Crippen molar-refractivity contribution in [3.05, 3.63) is 0 Å². The summed E-state index contributed by atoms with van der Waals surface area (Å²) >= 11 is 0. The molecule has 1 spiro atoms. The molecule has 0 unspecified atom stereocenters. The predicted molar refractivity (Wildman–Crippen MR) is 52.2 cm³/mol. The molecule has 1 aliphatic heterocycles. The Hall–Kier alpha value is -0.0400. The monoisotopic (exact) mass is 167 g/mol. The van der Waals surface area contributed by atoms with Crippen LogP contribution in [0.2, 0.25) is 0 Å². The molecule has 0 amide bonds. The van der Waals surface area contributed by atoms with Gasteiger partial charge in [-0.2, -0.15) is 0 Å².